The van der Waals surface area contributed by atoms with Crippen LogP contribution < -0.4 is 0 Å². The van der Waals surface area contributed by atoms with E-state index >= 15 is 0 Å². The Morgan fingerprint density at radius 3 is 2.91 bits per heavy atom. The molecule has 3 aliphatic heterocycles. The monoisotopic (exact) mass is 320 g/mol. The Kier molecular flexibility index (Phi) is 3.87. The van der Waals surface area contributed by atoms with Gasteiger partial charge in [0.15, 0.2) is 0 Å². The predicted octanol–water partition coefficient (Wildman–Crippen LogP) is 0.219. The van der Waals surface area contributed by atoms with Crippen molar-refractivity contribution in [2.75, 3.05) is 46.0 Å². The first-order valence-electron chi connectivity index (χ1n) is 8.48. The van der Waals surface area contributed by atoms with Crippen LogP contribution in [-0.2, 0) is 16.0 Å². The third-order valence-corrected chi connectivity index (χ3v) is 5.23. The van der Waals surface area contributed by atoms with Crippen LogP contribution in [0.25, 0.3) is 0 Å². The van der Waals surface area contributed by atoms with E-state index < -0.39 is 0 Å². The van der Waals surface area contributed by atoms with Crippen molar-refractivity contribution in [3.05, 3.63) is 18.0 Å². The topological polar surface area (TPSA) is 59.8 Å². The predicted molar refractivity (Wildman–Crippen MR) is 83.3 cm³/mol. The fourth-order valence-electron chi connectivity index (χ4n) is 3.94. The van der Waals surface area contributed by atoms with Gasteiger partial charge >= 0.3 is 0 Å². The average molecular weight is 320 g/mol. The highest BCUT2D eigenvalue weighted by molar-refractivity contribution is 5.93. The van der Waals surface area contributed by atoms with E-state index in [4.69, 9.17) is 9.47 Å². The smallest absolute Gasteiger partial charge is 0.272 e. The van der Waals surface area contributed by atoms with E-state index in [2.05, 4.69) is 10.00 Å². The van der Waals surface area contributed by atoms with Gasteiger partial charge in [-0.1, -0.05) is 0 Å². The van der Waals surface area contributed by atoms with E-state index in [0.29, 0.717) is 31.4 Å². The van der Waals surface area contributed by atoms with E-state index in [9.17, 15) is 4.79 Å². The van der Waals surface area contributed by atoms with Crippen LogP contribution in [-0.4, -0.2) is 83.1 Å². The summed E-state index contributed by atoms with van der Waals surface area (Å²) >= 11 is 0. The largest absolute Gasteiger partial charge is 0.379 e. The van der Waals surface area contributed by atoms with Crippen molar-refractivity contribution in [1.29, 1.82) is 0 Å². The van der Waals surface area contributed by atoms with Crippen LogP contribution in [0.1, 0.15) is 23.8 Å². The SMILES string of the molecule is CCn1nccc1C(=O)N1CC2(CC(N3CCOCC3)CO2)C1. The highest BCUT2D eigenvalue weighted by Gasteiger charge is 2.52. The van der Waals surface area contributed by atoms with Crippen molar-refractivity contribution in [2.24, 2.45) is 0 Å². The van der Waals surface area contributed by atoms with E-state index in [0.717, 1.165) is 39.3 Å². The average Bonchev–Trinajstić information content (AvgIpc) is 3.20. The van der Waals surface area contributed by atoms with E-state index in [-0.39, 0.29) is 11.5 Å². The molecule has 3 saturated heterocycles. The molecule has 0 bridgehead atoms. The highest BCUT2D eigenvalue weighted by atomic mass is 16.5. The summed E-state index contributed by atoms with van der Waals surface area (Å²) in [5.74, 6) is 0.0633. The summed E-state index contributed by atoms with van der Waals surface area (Å²) in [6.07, 6.45) is 2.70. The molecular formula is C16H24N4O3. The van der Waals surface area contributed by atoms with Crippen molar-refractivity contribution in [2.45, 2.75) is 31.5 Å². The Morgan fingerprint density at radius 2 is 2.17 bits per heavy atom. The number of morpholine rings is 1. The Hall–Kier alpha value is -1.44. The van der Waals surface area contributed by atoms with Crippen molar-refractivity contribution < 1.29 is 14.3 Å². The lowest BCUT2D eigenvalue weighted by atomic mass is 9.88. The minimum absolute atomic E-state index is 0.0633. The zero-order valence-electron chi connectivity index (χ0n) is 13.6. The molecule has 7 heteroatoms. The summed E-state index contributed by atoms with van der Waals surface area (Å²) in [7, 11) is 0. The van der Waals surface area contributed by atoms with Crippen LogP contribution in [0, 0.1) is 0 Å². The maximum absolute atomic E-state index is 12.6. The molecule has 1 aromatic rings. The molecule has 0 N–H and O–H groups in total. The highest BCUT2D eigenvalue weighted by Crippen LogP contribution is 2.37. The first-order valence-corrected chi connectivity index (χ1v) is 8.48. The van der Waals surface area contributed by atoms with Gasteiger partial charge in [0.05, 0.1) is 32.9 Å². The molecule has 4 rings (SSSR count). The number of nitrogens with zero attached hydrogens (tertiary/aromatic N) is 4. The molecule has 126 valence electrons. The Labute approximate surface area is 136 Å². The maximum atomic E-state index is 12.6. The lowest BCUT2D eigenvalue weighted by Crippen LogP contribution is -2.63. The molecule has 0 aliphatic carbocycles. The zero-order chi connectivity index (χ0) is 15.9. The van der Waals surface area contributed by atoms with Gasteiger partial charge in [0, 0.05) is 31.9 Å². The van der Waals surface area contributed by atoms with Gasteiger partial charge in [-0.15, -0.1) is 0 Å². The van der Waals surface area contributed by atoms with Crippen LogP contribution in [0.2, 0.25) is 0 Å². The Bertz CT molecular complexity index is 576. The number of ether oxygens (including phenoxy) is 2. The summed E-state index contributed by atoms with van der Waals surface area (Å²) in [4.78, 5) is 16.9. The van der Waals surface area contributed by atoms with Gasteiger partial charge in [0.2, 0.25) is 0 Å². The maximum Gasteiger partial charge on any atom is 0.272 e. The van der Waals surface area contributed by atoms with Crippen LogP contribution >= 0.6 is 0 Å². The third kappa shape index (κ3) is 2.66. The van der Waals surface area contributed by atoms with E-state index in [1.807, 2.05) is 11.8 Å². The third-order valence-electron chi connectivity index (χ3n) is 5.23. The second-order valence-electron chi connectivity index (χ2n) is 6.69. The fraction of sp³-hybridized carbons (Fsp3) is 0.750. The van der Waals surface area contributed by atoms with Crippen molar-refractivity contribution >= 4 is 5.91 Å². The number of hydrogen-bond acceptors (Lipinski definition) is 5. The number of amides is 1. The summed E-state index contributed by atoms with van der Waals surface area (Å²) in [5, 5.41) is 4.18. The van der Waals surface area contributed by atoms with Gasteiger partial charge < -0.3 is 14.4 Å². The van der Waals surface area contributed by atoms with Crippen molar-refractivity contribution in [1.82, 2.24) is 19.6 Å². The molecule has 1 aromatic heterocycles. The molecule has 1 atom stereocenters. The molecule has 3 fully saturated rings. The standard InChI is InChI=1S/C16H24N4O3/c1-2-20-14(3-4-17-20)15(21)19-11-16(12-19)9-13(10-23-16)18-5-7-22-8-6-18/h3-4,13H,2,5-12H2,1H3. The number of hydrogen-bond donors (Lipinski definition) is 0. The summed E-state index contributed by atoms with van der Waals surface area (Å²) in [5.41, 5.74) is 0.542. The van der Waals surface area contributed by atoms with Gasteiger partial charge in [0.25, 0.3) is 5.91 Å². The first-order chi connectivity index (χ1) is 11.2. The Balaban J connectivity index is 1.35. The zero-order valence-corrected chi connectivity index (χ0v) is 13.6. The van der Waals surface area contributed by atoms with Crippen molar-refractivity contribution in [3.8, 4) is 0 Å². The van der Waals surface area contributed by atoms with Crippen molar-refractivity contribution in [3.63, 3.8) is 0 Å². The Morgan fingerprint density at radius 1 is 1.39 bits per heavy atom. The van der Waals surface area contributed by atoms with E-state index in [1.54, 1.807) is 16.9 Å². The molecule has 0 radical (unpaired) electrons. The minimum Gasteiger partial charge on any atom is -0.379 e. The van der Waals surface area contributed by atoms with Gasteiger partial charge in [-0.3, -0.25) is 14.4 Å². The molecule has 0 aromatic carbocycles. The molecule has 23 heavy (non-hydrogen) atoms. The quantitative estimate of drug-likeness (QED) is 0.797. The number of rotatable bonds is 3. The summed E-state index contributed by atoms with van der Waals surface area (Å²) in [6.45, 7) is 8.48. The van der Waals surface area contributed by atoms with Crippen LogP contribution in [0.15, 0.2) is 12.3 Å². The second kappa shape index (κ2) is 5.89. The van der Waals surface area contributed by atoms with Gasteiger partial charge in [0.1, 0.15) is 11.3 Å². The normalized spacial score (nSPS) is 27.3. The second-order valence-corrected chi connectivity index (χ2v) is 6.69. The summed E-state index contributed by atoms with van der Waals surface area (Å²) in [6, 6.07) is 2.26. The molecule has 1 amide bonds. The number of carbonyl (C=O) groups is 1. The van der Waals surface area contributed by atoms with Crippen LogP contribution in [0.3, 0.4) is 0 Å². The minimum atomic E-state index is -0.129. The fourth-order valence-corrected chi connectivity index (χ4v) is 3.94. The molecular weight excluding hydrogens is 296 g/mol. The number of likely N-dealkylation sites (tertiary alicyclic amines) is 1. The first kappa shape index (κ1) is 15.1. The van der Waals surface area contributed by atoms with E-state index in [1.165, 1.54) is 0 Å². The van der Waals surface area contributed by atoms with Gasteiger partial charge in [-0.05, 0) is 19.4 Å². The number of carbonyl (C=O) groups excluding carboxylic acids is 1. The molecule has 7 nitrogen and oxygen atoms in total. The molecule has 0 saturated carbocycles. The van der Waals surface area contributed by atoms with Gasteiger partial charge in [-0.25, -0.2) is 0 Å². The number of aryl methyl sites for hydroxylation is 1. The molecule has 1 spiro atoms. The lowest BCUT2D eigenvalue weighted by Gasteiger charge is -2.47. The lowest BCUT2D eigenvalue weighted by molar-refractivity contribution is -0.0954. The summed E-state index contributed by atoms with van der Waals surface area (Å²) < 4.78 is 13.3. The van der Waals surface area contributed by atoms with Gasteiger partial charge in [-0.2, -0.15) is 5.10 Å². The molecule has 4 heterocycles. The van der Waals surface area contributed by atoms with Crippen LogP contribution in [0.4, 0.5) is 0 Å². The number of aromatic nitrogens is 2. The van der Waals surface area contributed by atoms with Crippen LogP contribution in [0.5, 0.6) is 0 Å². The molecule has 1 unspecified atom stereocenters. The molecule has 3 aliphatic rings.